The molecule has 164 valence electrons. The highest BCUT2D eigenvalue weighted by atomic mass is 16.4. The number of aliphatic hydroxyl groups is 1. The number of hydrogen-bond donors (Lipinski definition) is 3. The summed E-state index contributed by atoms with van der Waals surface area (Å²) in [5.74, 6) is -2.29. The lowest BCUT2D eigenvalue weighted by Crippen LogP contribution is -2.21. The maximum atomic E-state index is 10.3. The van der Waals surface area contributed by atoms with Crippen LogP contribution in [0.1, 0.15) is 97.8 Å². The zero-order valence-electron chi connectivity index (χ0n) is 18.1. The highest BCUT2D eigenvalue weighted by Gasteiger charge is 2.15. The summed E-state index contributed by atoms with van der Waals surface area (Å²) in [5.41, 5.74) is 0. The Balaban J connectivity index is 0. The molecular weight excluding hydrogens is 356 g/mol. The van der Waals surface area contributed by atoms with E-state index in [9.17, 15) is 9.59 Å². The molecule has 3 N–H and O–H groups in total. The van der Waals surface area contributed by atoms with Gasteiger partial charge in [-0.15, -0.1) is 0 Å². The smallest absolute Gasteiger partial charge is 0.308 e. The zero-order valence-corrected chi connectivity index (χ0v) is 18.1. The zero-order chi connectivity index (χ0) is 21.6. The van der Waals surface area contributed by atoms with Crippen LogP contribution in [-0.4, -0.2) is 33.4 Å². The van der Waals surface area contributed by atoms with E-state index >= 15 is 0 Å². The van der Waals surface area contributed by atoms with Gasteiger partial charge in [-0.2, -0.15) is 0 Å². The normalized spacial score (nSPS) is 13.3. The SMILES string of the molecule is CC(O)C(C)C(=O)O.CCCCC/C=C/C/C=C/CCCCCCCC(=O)O. The van der Waals surface area contributed by atoms with Crippen LogP contribution in [0.25, 0.3) is 0 Å². The first-order chi connectivity index (χ1) is 13.3. The summed E-state index contributed by atoms with van der Waals surface area (Å²) in [6.45, 7) is 5.16. The minimum atomic E-state index is -0.958. The molecule has 2 atom stereocenters. The number of aliphatic carboxylic acids is 2. The fraction of sp³-hybridized carbons (Fsp3) is 0.739. The lowest BCUT2D eigenvalue weighted by Gasteiger charge is -2.06. The van der Waals surface area contributed by atoms with Crippen LogP contribution in [0.3, 0.4) is 0 Å². The summed E-state index contributed by atoms with van der Waals surface area (Å²) in [6, 6.07) is 0. The van der Waals surface area contributed by atoms with Gasteiger partial charge in [-0.3, -0.25) is 9.59 Å². The number of allylic oxidation sites excluding steroid dienone is 4. The number of aliphatic hydroxyl groups excluding tert-OH is 1. The third-order valence-electron chi connectivity index (χ3n) is 4.45. The molecule has 0 aromatic carbocycles. The second kappa shape index (κ2) is 21.7. The standard InChI is InChI=1S/C18H32O2.C5H10O3/c1-2-3-4-5-6-7-8-9-10-11-12-13-14-15-16-17-18(19)20;1-3(4(2)6)5(7)8/h6-7,9-10H,2-5,8,11-17H2,1H3,(H,19,20);3-4,6H,1-2H3,(H,7,8)/b7-6+,10-9+;. The molecule has 0 bridgehead atoms. The first-order valence-electron chi connectivity index (χ1n) is 10.8. The molecule has 0 amide bonds. The van der Waals surface area contributed by atoms with Gasteiger partial charge in [0.05, 0.1) is 12.0 Å². The molecule has 0 aliphatic heterocycles. The van der Waals surface area contributed by atoms with Gasteiger partial charge >= 0.3 is 11.9 Å². The fourth-order valence-corrected chi connectivity index (χ4v) is 2.29. The van der Waals surface area contributed by atoms with E-state index in [-0.39, 0.29) is 0 Å². The highest BCUT2D eigenvalue weighted by Crippen LogP contribution is 2.08. The van der Waals surface area contributed by atoms with Gasteiger partial charge in [0, 0.05) is 6.42 Å². The first kappa shape index (κ1) is 28.6. The highest BCUT2D eigenvalue weighted by molar-refractivity contribution is 5.70. The number of rotatable bonds is 16. The molecule has 0 rings (SSSR count). The molecule has 0 aromatic heterocycles. The maximum Gasteiger partial charge on any atom is 0.308 e. The predicted molar refractivity (Wildman–Crippen MR) is 115 cm³/mol. The number of unbranched alkanes of at least 4 members (excludes halogenated alkanes) is 8. The van der Waals surface area contributed by atoms with Gasteiger partial charge in [-0.05, 0) is 52.4 Å². The Bertz CT molecular complexity index is 427. The molecule has 0 aliphatic rings. The van der Waals surface area contributed by atoms with E-state index in [0.717, 1.165) is 25.7 Å². The number of hydrogen-bond acceptors (Lipinski definition) is 3. The van der Waals surface area contributed by atoms with Gasteiger partial charge in [-0.25, -0.2) is 0 Å². The van der Waals surface area contributed by atoms with Crippen molar-refractivity contribution in [2.45, 2.75) is 104 Å². The summed E-state index contributed by atoms with van der Waals surface area (Å²) < 4.78 is 0. The molecule has 0 fully saturated rings. The van der Waals surface area contributed by atoms with Gasteiger partial charge in [0.15, 0.2) is 0 Å². The van der Waals surface area contributed by atoms with E-state index < -0.39 is 24.0 Å². The average Bonchev–Trinajstić information content (AvgIpc) is 2.64. The molecule has 0 aliphatic carbocycles. The van der Waals surface area contributed by atoms with Crippen LogP contribution in [0.15, 0.2) is 24.3 Å². The molecule has 5 nitrogen and oxygen atoms in total. The van der Waals surface area contributed by atoms with Crippen molar-refractivity contribution in [1.82, 2.24) is 0 Å². The molecule has 0 spiro atoms. The van der Waals surface area contributed by atoms with Crippen LogP contribution in [0.2, 0.25) is 0 Å². The summed E-state index contributed by atoms with van der Waals surface area (Å²) >= 11 is 0. The van der Waals surface area contributed by atoms with Crippen LogP contribution in [0, 0.1) is 5.92 Å². The largest absolute Gasteiger partial charge is 0.481 e. The first-order valence-corrected chi connectivity index (χ1v) is 10.8. The molecule has 0 radical (unpaired) electrons. The summed E-state index contributed by atoms with van der Waals surface area (Å²) in [5, 5.41) is 25.3. The molecular formula is C23H42O5. The van der Waals surface area contributed by atoms with E-state index in [2.05, 4.69) is 31.2 Å². The second-order valence-corrected chi connectivity index (χ2v) is 7.24. The Morgan fingerprint density at radius 3 is 1.71 bits per heavy atom. The summed E-state index contributed by atoms with van der Waals surface area (Å²) in [7, 11) is 0. The topological polar surface area (TPSA) is 94.8 Å². The number of carboxylic acid groups (broad SMARTS) is 2. The lowest BCUT2D eigenvalue weighted by atomic mass is 10.1. The van der Waals surface area contributed by atoms with Crippen molar-refractivity contribution in [2.24, 2.45) is 5.92 Å². The molecule has 0 saturated carbocycles. The van der Waals surface area contributed by atoms with Gasteiger partial charge in [0.1, 0.15) is 0 Å². The summed E-state index contributed by atoms with van der Waals surface area (Å²) in [6.07, 6.45) is 21.5. The Hall–Kier alpha value is -1.62. The van der Waals surface area contributed by atoms with E-state index in [1.54, 1.807) is 0 Å². The Labute approximate surface area is 171 Å². The fourth-order valence-electron chi connectivity index (χ4n) is 2.29. The van der Waals surface area contributed by atoms with Crippen molar-refractivity contribution in [2.75, 3.05) is 0 Å². The average molecular weight is 399 g/mol. The van der Waals surface area contributed by atoms with Crippen molar-refractivity contribution in [3.05, 3.63) is 24.3 Å². The van der Waals surface area contributed by atoms with E-state index in [1.807, 2.05) is 0 Å². The van der Waals surface area contributed by atoms with Crippen molar-refractivity contribution in [3.63, 3.8) is 0 Å². The molecule has 28 heavy (non-hydrogen) atoms. The van der Waals surface area contributed by atoms with Crippen LogP contribution in [0.5, 0.6) is 0 Å². The van der Waals surface area contributed by atoms with Crippen LogP contribution in [0.4, 0.5) is 0 Å². The molecule has 0 saturated heterocycles. The third kappa shape index (κ3) is 24.4. The molecule has 2 unspecified atom stereocenters. The van der Waals surface area contributed by atoms with E-state index in [0.29, 0.717) is 6.42 Å². The van der Waals surface area contributed by atoms with Crippen molar-refractivity contribution in [1.29, 1.82) is 0 Å². The van der Waals surface area contributed by atoms with Crippen LogP contribution in [-0.2, 0) is 9.59 Å². The lowest BCUT2D eigenvalue weighted by molar-refractivity contribution is -0.144. The molecule has 5 heteroatoms. The Morgan fingerprint density at radius 2 is 1.29 bits per heavy atom. The quantitative estimate of drug-likeness (QED) is 0.220. The minimum Gasteiger partial charge on any atom is -0.481 e. The van der Waals surface area contributed by atoms with Crippen molar-refractivity contribution >= 4 is 11.9 Å². The number of carbonyl (C=O) groups is 2. The second-order valence-electron chi connectivity index (χ2n) is 7.24. The van der Waals surface area contributed by atoms with E-state index in [4.69, 9.17) is 15.3 Å². The van der Waals surface area contributed by atoms with Crippen LogP contribution >= 0.6 is 0 Å². The van der Waals surface area contributed by atoms with Crippen molar-refractivity contribution < 1.29 is 24.9 Å². The summed E-state index contributed by atoms with van der Waals surface area (Å²) in [4.78, 5) is 20.3. The van der Waals surface area contributed by atoms with Gasteiger partial charge in [-0.1, -0.05) is 63.3 Å². The third-order valence-corrected chi connectivity index (χ3v) is 4.45. The van der Waals surface area contributed by atoms with Crippen molar-refractivity contribution in [3.8, 4) is 0 Å². The molecule has 0 aromatic rings. The Kier molecular flexibility index (Phi) is 22.1. The van der Waals surface area contributed by atoms with Gasteiger partial charge in [0.25, 0.3) is 0 Å². The van der Waals surface area contributed by atoms with Gasteiger partial charge < -0.3 is 15.3 Å². The van der Waals surface area contributed by atoms with E-state index in [1.165, 1.54) is 58.8 Å². The molecule has 0 heterocycles. The maximum absolute atomic E-state index is 10.3. The predicted octanol–water partition coefficient (Wildman–Crippen LogP) is 5.97. The number of carboxylic acids is 2. The minimum absolute atomic E-state index is 0.324. The Morgan fingerprint density at radius 1 is 0.786 bits per heavy atom. The van der Waals surface area contributed by atoms with Gasteiger partial charge in [0.2, 0.25) is 0 Å². The monoisotopic (exact) mass is 398 g/mol. The van der Waals surface area contributed by atoms with Crippen LogP contribution < -0.4 is 0 Å².